The number of carbonyl (C=O) groups excluding carboxylic acids is 2. The van der Waals surface area contributed by atoms with Gasteiger partial charge in [-0.3, -0.25) is 9.59 Å². The SMILES string of the molecule is O=C(O)CCSCc1cccc(NC(=O)CNC(=O)NC2CCCCC2)c1. The lowest BCUT2D eigenvalue weighted by Gasteiger charge is -2.22. The van der Waals surface area contributed by atoms with Crippen LogP contribution in [0.15, 0.2) is 24.3 Å². The lowest BCUT2D eigenvalue weighted by molar-refractivity contribution is -0.136. The van der Waals surface area contributed by atoms with E-state index in [1.54, 1.807) is 6.07 Å². The van der Waals surface area contributed by atoms with Crippen LogP contribution in [0.5, 0.6) is 0 Å². The van der Waals surface area contributed by atoms with Gasteiger partial charge < -0.3 is 21.1 Å². The summed E-state index contributed by atoms with van der Waals surface area (Å²) in [5, 5.41) is 16.9. The molecule has 27 heavy (non-hydrogen) atoms. The minimum absolute atomic E-state index is 0.0872. The van der Waals surface area contributed by atoms with Crippen LogP contribution in [-0.2, 0) is 15.3 Å². The number of carbonyl (C=O) groups is 3. The zero-order chi connectivity index (χ0) is 19.5. The summed E-state index contributed by atoms with van der Waals surface area (Å²) in [6.45, 7) is -0.0872. The molecule has 1 saturated carbocycles. The number of hydrogen-bond acceptors (Lipinski definition) is 4. The number of aliphatic carboxylic acids is 1. The number of carboxylic acid groups (broad SMARTS) is 1. The van der Waals surface area contributed by atoms with Crippen molar-refractivity contribution in [3.8, 4) is 0 Å². The monoisotopic (exact) mass is 393 g/mol. The van der Waals surface area contributed by atoms with Crippen molar-refractivity contribution in [2.45, 2.75) is 50.3 Å². The van der Waals surface area contributed by atoms with Crippen molar-refractivity contribution in [3.63, 3.8) is 0 Å². The minimum Gasteiger partial charge on any atom is -0.481 e. The number of amides is 3. The molecule has 0 radical (unpaired) electrons. The average molecular weight is 394 g/mol. The van der Waals surface area contributed by atoms with Crippen LogP contribution in [0.25, 0.3) is 0 Å². The lowest BCUT2D eigenvalue weighted by Crippen LogP contribution is -2.45. The van der Waals surface area contributed by atoms with Crippen molar-refractivity contribution in [1.82, 2.24) is 10.6 Å². The first kappa shape index (κ1) is 21.1. The molecule has 1 aliphatic carbocycles. The molecule has 1 aliphatic rings. The molecule has 0 saturated heterocycles. The molecule has 1 fully saturated rings. The molecule has 0 unspecified atom stereocenters. The molecule has 0 aliphatic heterocycles. The summed E-state index contributed by atoms with van der Waals surface area (Å²) >= 11 is 1.53. The highest BCUT2D eigenvalue weighted by molar-refractivity contribution is 7.98. The van der Waals surface area contributed by atoms with Crippen LogP contribution in [0.2, 0.25) is 0 Å². The van der Waals surface area contributed by atoms with Gasteiger partial charge in [0, 0.05) is 23.2 Å². The Kier molecular flexibility index (Phi) is 8.97. The predicted octanol–water partition coefficient (Wildman–Crippen LogP) is 2.96. The van der Waals surface area contributed by atoms with E-state index < -0.39 is 5.97 Å². The molecule has 1 aromatic carbocycles. The molecule has 0 atom stereocenters. The molecule has 1 aromatic rings. The summed E-state index contributed by atoms with van der Waals surface area (Å²) < 4.78 is 0. The number of benzene rings is 1. The van der Waals surface area contributed by atoms with Gasteiger partial charge in [-0.25, -0.2) is 4.79 Å². The number of rotatable bonds is 9. The third-order valence-corrected chi connectivity index (χ3v) is 5.32. The maximum atomic E-state index is 12.0. The normalized spacial score (nSPS) is 14.4. The fourth-order valence-electron chi connectivity index (χ4n) is 2.94. The van der Waals surface area contributed by atoms with E-state index in [4.69, 9.17) is 5.11 Å². The number of thioether (sulfide) groups is 1. The Hall–Kier alpha value is -2.22. The molecular weight excluding hydrogens is 366 g/mol. The maximum Gasteiger partial charge on any atom is 0.315 e. The number of urea groups is 1. The zero-order valence-corrected chi connectivity index (χ0v) is 16.1. The first-order chi connectivity index (χ1) is 13.0. The predicted molar refractivity (Wildman–Crippen MR) is 107 cm³/mol. The van der Waals surface area contributed by atoms with Gasteiger partial charge in [0.1, 0.15) is 0 Å². The van der Waals surface area contributed by atoms with Crippen molar-refractivity contribution < 1.29 is 19.5 Å². The van der Waals surface area contributed by atoms with Crippen molar-refractivity contribution in [2.24, 2.45) is 0 Å². The largest absolute Gasteiger partial charge is 0.481 e. The molecule has 0 aromatic heterocycles. The number of carboxylic acids is 1. The van der Waals surface area contributed by atoms with Gasteiger partial charge in [0.2, 0.25) is 5.91 Å². The summed E-state index contributed by atoms with van der Waals surface area (Å²) in [6.07, 6.45) is 5.62. The molecule has 7 nitrogen and oxygen atoms in total. The van der Waals surface area contributed by atoms with E-state index in [0.717, 1.165) is 31.2 Å². The van der Waals surface area contributed by atoms with E-state index in [9.17, 15) is 14.4 Å². The maximum absolute atomic E-state index is 12.0. The third-order valence-electron chi connectivity index (χ3n) is 4.29. The van der Waals surface area contributed by atoms with Gasteiger partial charge in [0.15, 0.2) is 0 Å². The van der Waals surface area contributed by atoms with E-state index in [-0.39, 0.29) is 30.9 Å². The van der Waals surface area contributed by atoms with E-state index >= 15 is 0 Å². The molecule has 0 spiro atoms. The Morgan fingerprint density at radius 3 is 2.67 bits per heavy atom. The van der Waals surface area contributed by atoms with Gasteiger partial charge in [0.05, 0.1) is 13.0 Å². The minimum atomic E-state index is -0.802. The van der Waals surface area contributed by atoms with Gasteiger partial charge >= 0.3 is 12.0 Å². The van der Waals surface area contributed by atoms with Gasteiger partial charge in [-0.2, -0.15) is 11.8 Å². The topological polar surface area (TPSA) is 108 Å². The zero-order valence-electron chi connectivity index (χ0n) is 15.3. The quantitative estimate of drug-likeness (QED) is 0.483. The van der Waals surface area contributed by atoms with E-state index in [1.165, 1.54) is 18.2 Å². The van der Waals surface area contributed by atoms with Crippen molar-refractivity contribution in [1.29, 1.82) is 0 Å². The summed E-state index contributed by atoms with van der Waals surface area (Å²) in [5.74, 6) is 0.137. The van der Waals surface area contributed by atoms with Crippen molar-refractivity contribution >= 4 is 35.4 Å². The molecule has 4 N–H and O–H groups in total. The lowest BCUT2D eigenvalue weighted by atomic mass is 9.96. The van der Waals surface area contributed by atoms with E-state index in [2.05, 4.69) is 16.0 Å². The van der Waals surface area contributed by atoms with Gasteiger partial charge in [-0.1, -0.05) is 31.4 Å². The Morgan fingerprint density at radius 1 is 1.15 bits per heavy atom. The van der Waals surface area contributed by atoms with Crippen LogP contribution >= 0.6 is 11.8 Å². The van der Waals surface area contributed by atoms with E-state index in [0.29, 0.717) is 17.2 Å². The highest BCUT2D eigenvalue weighted by Gasteiger charge is 2.15. The number of hydrogen-bond donors (Lipinski definition) is 4. The van der Waals surface area contributed by atoms with Crippen LogP contribution < -0.4 is 16.0 Å². The Balaban J connectivity index is 1.69. The van der Waals surface area contributed by atoms with Crippen LogP contribution in [0, 0.1) is 0 Å². The average Bonchev–Trinajstić information content (AvgIpc) is 2.65. The fraction of sp³-hybridized carbons (Fsp3) is 0.526. The molecule has 3 amide bonds. The van der Waals surface area contributed by atoms with E-state index in [1.807, 2.05) is 18.2 Å². The van der Waals surface area contributed by atoms with Crippen molar-refractivity contribution in [2.75, 3.05) is 17.6 Å². The highest BCUT2D eigenvalue weighted by Crippen LogP contribution is 2.18. The Labute approximate surface area is 163 Å². The second-order valence-corrected chi connectivity index (χ2v) is 7.71. The van der Waals surface area contributed by atoms with Gasteiger partial charge in [-0.15, -0.1) is 0 Å². The van der Waals surface area contributed by atoms with Gasteiger partial charge in [-0.05, 0) is 30.5 Å². The standard InChI is InChI=1S/C19H27N3O4S/c23-17(12-20-19(26)22-15-6-2-1-3-7-15)21-16-8-4-5-14(11-16)13-27-10-9-18(24)25/h4-5,8,11,15H,1-3,6-7,9-10,12-13H2,(H,21,23)(H,24,25)(H2,20,22,26). The molecular formula is C19H27N3O4S. The Morgan fingerprint density at radius 2 is 1.93 bits per heavy atom. The van der Waals surface area contributed by atoms with Crippen LogP contribution in [0.1, 0.15) is 44.1 Å². The summed E-state index contributed by atoms with van der Waals surface area (Å²) in [4.78, 5) is 34.4. The highest BCUT2D eigenvalue weighted by atomic mass is 32.2. The van der Waals surface area contributed by atoms with Crippen LogP contribution in [-0.4, -0.2) is 41.4 Å². The number of anilines is 1. The Bertz CT molecular complexity index is 648. The summed E-state index contributed by atoms with van der Waals surface area (Å²) in [6, 6.07) is 7.31. The molecule has 0 bridgehead atoms. The second kappa shape index (κ2) is 11.5. The summed E-state index contributed by atoms with van der Waals surface area (Å²) in [5.41, 5.74) is 1.66. The molecule has 8 heteroatoms. The first-order valence-corrected chi connectivity index (χ1v) is 10.4. The fourth-order valence-corrected chi connectivity index (χ4v) is 3.82. The van der Waals surface area contributed by atoms with Crippen molar-refractivity contribution in [3.05, 3.63) is 29.8 Å². The van der Waals surface area contributed by atoms with Crippen LogP contribution in [0.3, 0.4) is 0 Å². The second-order valence-electron chi connectivity index (χ2n) is 6.61. The molecule has 2 rings (SSSR count). The molecule has 148 valence electrons. The third kappa shape index (κ3) is 8.81. The smallest absolute Gasteiger partial charge is 0.315 e. The van der Waals surface area contributed by atoms with Gasteiger partial charge in [0.25, 0.3) is 0 Å². The molecule has 0 heterocycles. The van der Waals surface area contributed by atoms with Crippen LogP contribution in [0.4, 0.5) is 10.5 Å². The first-order valence-electron chi connectivity index (χ1n) is 9.25. The number of nitrogens with one attached hydrogen (secondary N) is 3. The summed E-state index contributed by atoms with van der Waals surface area (Å²) in [7, 11) is 0.